The highest BCUT2D eigenvalue weighted by Gasteiger charge is 2.06. The van der Waals surface area contributed by atoms with Gasteiger partial charge in [0.1, 0.15) is 6.20 Å². The van der Waals surface area contributed by atoms with Crippen molar-refractivity contribution in [3.05, 3.63) is 42.7 Å². The molecule has 0 aliphatic carbocycles. The average Bonchev–Trinajstić information content (AvgIpc) is 2.91. The van der Waals surface area contributed by atoms with Crippen molar-refractivity contribution in [1.82, 2.24) is 15.4 Å². The third-order valence-electron chi connectivity index (χ3n) is 2.46. The Morgan fingerprint density at radius 2 is 2.16 bits per heavy atom. The molecular weight excluding hydrogens is 246 g/mol. The minimum absolute atomic E-state index is 0.181. The summed E-state index contributed by atoms with van der Waals surface area (Å²) in [5.41, 5.74) is 1.53. The van der Waals surface area contributed by atoms with Gasteiger partial charge in [-0.1, -0.05) is 6.07 Å². The molecule has 0 fully saturated rings. The molecule has 0 spiro atoms. The lowest BCUT2D eigenvalue weighted by Gasteiger charge is -2.05. The van der Waals surface area contributed by atoms with Gasteiger partial charge >= 0.3 is 6.03 Å². The van der Waals surface area contributed by atoms with Crippen molar-refractivity contribution in [3.8, 4) is 0 Å². The first-order valence-electron chi connectivity index (χ1n) is 5.51. The Balaban J connectivity index is 1.75. The lowest BCUT2D eigenvalue weighted by molar-refractivity contribution is 0.261. The number of nitrogens with zero attached hydrogens (tertiary/aromatic N) is 3. The Kier molecular flexibility index (Phi) is 2.77. The molecule has 0 bridgehead atoms. The van der Waals surface area contributed by atoms with Crippen molar-refractivity contribution >= 4 is 28.5 Å². The van der Waals surface area contributed by atoms with Crippen LogP contribution in [0.4, 0.5) is 16.4 Å². The third-order valence-corrected chi connectivity index (χ3v) is 2.46. The van der Waals surface area contributed by atoms with E-state index in [2.05, 4.69) is 30.5 Å². The summed E-state index contributed by atoms with van der Waals surface area (Å²) in [7, 11) is 0. The Labute approximate surface area is 107 Å². The van der Waals surface area contributed by atoms with Gasteiger partial charge in [-0.15, -0.1) is 5.10 Å². The van der Waals surface area contributed by atoms with Crippen LogP contribution in [0.2, 0.25) is 0 Å². The van der Waals surface area contributed by atoms with Gasteiger partial charge in [-0.2, -0.15) is 0 Å². The van der Waals surface area contributed by atoms with Crippen molar-refractivity contribution < 1.29 is 9.32 Å². The van der Waals surface area contributed by atoms with Gasteiger partial charge in [-0.05, 0) is 24.3 Å². The summed E-state index contributed by atoms with van der Waals surface area (Å²) in [5, 5.41) is 12.8. The van der Waals surface area contributed by atoms with E-state index in [-0.39, 0.29) is 5.88 Å². The van der Waals surface area contributed by atoms with Crippen LogP contribution in [0.1, 0.15) is 0 Å². The highest BCUT2D eigenvalue weighted by Crippen LogP contribution is 2.17. The number of rotatable bonds is 2. The number of aromatic nitrogens is 3. The first kappa shape index (κ1) is 11.1. The number of urea groups is 1. The molecule has 7 nitrogen and oxygen atoms in total. The summed E-state index contributed by atoms with van der Waals surface area (Å²) in [6, 6.07) is 8.77. The van der Waals surface area contributed by atoms with Gasteiger partial charge in [0.15, 0.2) is 0 Å². The zero-order chi connectivity index (χ0) is 13.1. The van der Waals surface area contributed by atoms with Crippen LogP contribution in [0, 0.1) is 0 Å². The molecule has 1 aromatic carbocycles. The van der Waals surface area contributed by atoms with Gasteiger partial charge in [0.2, 0.25) is 0 Å². The molecule has 0 unspecified atom stereocenters. The van der Waals surface area contributed by atoms with E-state index in [1.54, 1.807) is 12.3 Å². The first-order chi connectivity index (χ1) is 9.31. The molecule has 0 saturated carbocycles. The van der Waals surface area contributed by atoms with Gasteiger partial charge in [-0.3, -0.25) is 10.3 Å². The zero-order valence-electron chi connectivity index (χ0n) is 9.70. The van der Waals surface area contributed by atoms with E-state index in [1.807, 2.05) is 24.3 Å². The van der Waals surface area contributed by atoms with Crippen molar-refractivity contribution in [2.45, 2.75) is 0 Å². The van der Waals surface area contributed by atoms with Crippen LogP contribution in [0.5, 0.6) is 0 Å². The maximum absolute atomic E-state index is 11.7. The molecule has 2 heterocycles. The fourth-order valence-corrected chi connectivity index (χ4v) is 1.65. The van der Waals surface area contributed by atoms with E-state index >= 15 is 0 Å². The quantitative estimate of drug-likeness (QED) is 0.732. The van der Waals surface area contributed by atoms with Crippen molar-refractivity contribution in [3.63, 3.8) is 0 Å². The number of fused-ring (bicyclic) bond motifs is 1. The molecule has 7 heteroatoms. The second-order valence-electron chi connectivity index (χ2n) is 3.77. The summed E-state index contributed by atoms with van der Waals surface area (Å²) < 4.78 is 4.67. The third kappa shape index (κ3) is 2.49. The summed E-state index contributed by atoms with van der Waals surface area (Å²) in [5.74, 6) is 0.181. The Hall–Kier alpha value is -2.96. The largest absolute Gasteiger partial charge is 0.326 e. The molecule has 2 aromatic heterocycles. The summed E-state index contributed by atoms with van der Waals surface area (Å²) in [4.78, 5) is 15.9. The van der Waals surface area contributed by atoms with Crippen LogP contribution in [0.3, 0.4) is 0 Å². The first-order valence-corrected chi connectivity index (χ1v) is 5.51. The van der Waals surface area contributed by atoms with Crippen molar-refractivity contribution in [2.75, 3.05) is 10.6 Å². The van der Waals surface area contributed by atoms with Crippen LogP contribution in [0.15, 0.2) is 47.2 Å². The Morgan fingerprint density at radius 3 is 3.00 bits per heavy atom. The van der Waals surface area contributed by atoms with Gasteiger partial charge in [0.05, 0.1) is 5.52 Å². The molecule has 0 atom stereocenters. The van der Waals surface area contributed by atoms with E-state index in [4.69, 9.17) is 0 Å². The lowest BCUT2D eigenvalue weighted by Crippen LogP contribution is -2.18. The Morgan fingerprint density at radius 1 is 1.21 bits per heavy atom. The van der Waals surface area contributed by atoms with E-state index in [1.165, 1.54) is 6.20 Å². The number of pyridine rings is 1. The van der Waals surface area contributed by atoms with Crippen LogP contribution >= 0.6 is 0 Å². The predicted octanol–water partition coefficient (Wildman–Crippen LogP) is 2.26. The van der Waals surface area contributed by atoms with Crippen LogP contribution in [-0.2, 0) is 0 Å². The normalized spacial score (nSPS) is 10.3. The number of anilines is 2. The molecule has 3 aromatic rings. The Bertz CT molecular complexity index is 711. The molecule has 0 radical (unpaired) electrons. The number of nitrogens with one attached hydrogen (secondary N) is 2. The van der Waals surface area contributed by atoms with Gasteiger partial charge in [-0.25, -0.2) is 4.79 Å². The molecule has 19 heavy (non-hydrogen) atoms. The molecule has 3 rings (SSSR count). The maximum Gasteiger partial charge on any atom is 0.326 e. The number of benzene rings is 1. The number of hydrogen-bond acceptors (Lipinski definition) is 5. The van der Waals surface area contributed by atoms with E-state index in [9.17, 15) is 4.79 Å². The van der Waals surface area contributed by atoms with Gasteiger partial charge in [0, 0.05) is 22.5 Å². The fourth-order valence-electron chi connectivity index (χ4n) is 1.65. The smallest absolute Gasteiger partial charge is 0.319 e. The minimum atomic E-state index is -0.429. The second-order valence-corrected chi connectivity index (χ2v) is 3.77. The maximum atomic E-state index is 11.7. The van der Waals surface area contributed by atoms with Crippen LogP contribution < -0.4 is 10.6 Å². The van der Waals surface area contributed by atoms with Crippen molar-refractivity contribution in [2.24, 2.45) is 0 Å². The second kappa shape index (κ2) is 4.73. The molecule has 94 valence electrons. The van der Waals surface area contributed by atoms with E-state index < -0.39 is 6.03 Å². The minimum Gasteiger partial charge on any atom is -0.319 e. The average molecular weight is 255 g/mol. The lowest BCUT2D eigenvalue weighted by atomic mass is 10.2. The standard InChI is InChI=1S/C12H9N5O2/c18-12(16-11-7-14-17-19-11)15-9-3-4-10-8(6-9)2-1-5-13-10/h1-7H,(H2,15,16,18). The van der Waals surface area contributed by atoms with Gasteiger partial charge < -0.3 is 9.84 Å². The van der Waals surface area contributed by atoms with E-state index in [0.29, 0.717) is 5.69 Å². The zero-order valence-corrected chi connectivity index (χ0v) is 9.70. The number of hydrogen-bond donors (Lipinski definition) is 2. The summed E-state index contributed by atoms with van der Waals surface area (Å²) in [6.45, 7) is 0. The highest BCUT2D eigenvalue weighted by molar-refractivity contribution is 6.00. The fraction of sp³-hybridized carbons (Fsp3) is 0. The molecule has 0 saturated heterocycles. The summed E-state index contributed by atoms with van der Waals surface area (Å²) >= 11 is 0. The summed E-state index contributed by atoms with van der Waals surface area (Å²) in [6.07, 6.45) is 3.03. The monoisotopic (exact) mass is 255 g/mol. The SMILES string of the molecule is O=C(Nc1ccc2ncccc2c1)Nc1cnno1. The molecule has 2 amide bonds. The number of carbonyl (C=O) groups is 1. The van der Waals surface area contributed by atoms with Crippen LogP contribution in [0.25, 0.3) is 10.9 Å². The highest BCUT2D eigenvalue weighted by atomic mass is 16.5. The van der Waals surface area contributed by atoms with Crippen LogP contribution in [-0.4, -0.2) is 21.4 Å². The van der Waals surface area contributed by atoms with Crippen molar-refractivity contribution in [1.29, 1.82) is 0 Å². The molecule has 2 N–H and O–H groups in total. The van der Waals surface area contributed by atoms with Gasteiger partial charge in [0.25, 0.3) is 5.88 Å². The van der Waals surface area contributed by atoms with E-state index in [0.717, 1.165) is 10.9 Å². The predicted molar refractivity (Wildman–Crippen MR) is 68.7 cm³/mol. The topological polar surface area (TPSA) is 92.9 Å². The molecule has 0 aliphatic rings. The molecule has 0 aliphatic heterocycles. The number of carbonyl (C=O) groups excluding carboxylic acids is 1. The molecular formula is C12H9N5O2. The number of amides is 2.